The second-order valence-electron chi connectivity index (χ2n) is 11.5. The van der Waals surface area contributed by atoms with E-state index in [1.54, 1.807) is 0 Å². The van der Waals surface area contributed by atoms with Crippen LogP contribution in [0.3, 0.4) is 0 Å². The Labute approximate surface area is 279 Å². The summed E-state index contributed by atoms with van der Waals surface area (Å²) in [6.45, 7) is 9.03. The molecule has 1 unspecified atom stereocenters. The minimum absolute atomic E-state index is 0. The third kappa shape index (κ3) is 8.67. The zero-order valence-electron chi connectivity index (χ0n) is 24.5. The number of halogens is 2. The minimum Gasteiger partial charge on any atom is -1.00 e. The van der Waals surface area contributed by atoms with Gasteiger partial charge in [0.25, 0.3) is 0 Å². The van der Waals surface area contributed by atoms with Gasteiger partial charge in [-0.2, -0.15) is 11.6 Å². The van der Waals surface area contributed by atoms with Gasteiger partial charge in [-0.25, -0.2) is 6.08 Å². The van der Waals surface area contributed by atoms with Crippen molar-refractivity contribution in [2.24, 2.45) is 11.3 Å². The molecule has 6 rings (SSSR count). The number of hydrogen-bond acceptors (Lipinski definition) is 0. The second-order valence-corrected chi connectivity index (χ2v) is 11.5. The van der Waals surface area contributed by atoms with Crippen LogP contribution in [0.15, 0.2) is 109 Å². The van der Waals surface area contributed by atoms with Crippen LogP contribution in [0.2, 0.25) is 0 Å². The summed E-state index contributed by atoms with van der Waals surface area (Å²) in [4.78, 5) is 0. The fourth-order valence-electron chi connectivity index (χ4n) is 5.29. The molecule has 2 aliphatic rings. The van der Waals surface area contributed by atoms with E-state index in [4.69, 9.17) is 0 Å². The first-order chi connectivity index (χ1) is 18.4. The van der Waals surface area contributed by atoms with E-state index in [-0.39, 0.29) is 51.0 Å². The van der Waals surface area contributed by atoms with Crippen molar-refractivity contribution in [1.82, 2.24) is 0 Å². The van der Waals surface area contributed by atoms with E-state index in [9.17, 15) is 0 Å². The zero-order valence-corrected chi connectivity index (χ0v) is 28.4. The SMILES string of the molecule is CCCCC1[C-]=CC(C(C)(C)C)=C1.[Cl-].[Cl-].[Zr+4].[c-]1c(-c2ccccc2)ccc2c1Cc1cc(-c3ccccc3)ccc1-2. The van der Waals surface area contributed by atoms with Crippen LogP contribution >= 0.6 is 0 Å². The molecule has 0 saturated carbocycles. The molecule has 1 atom stereocenters. The molecular formula is C38H38Cl2Zr. The Kier molecular flexibility index (Phi) is 13.6. The maximum atomic E-state index is 3.65. The number of fused-ring (bicyclic) bond motifs is 3. The summed E-state index contributed by atoms with van der Waals surface area (Å²) in [7, 11) is 0. The first kappa shape index (κ1) is 35.0. The molecule has 41 heavy (non-hydrogen) atoms. The van der Waals surface area contributed by atoms with Gasteiger partial charge in [0.1, 0.15) is 0 Å². The van der Waals surface area contributed by atoms with E-state index >= 15 is 0 Å². The van der Waals surface area contributed by atoms with Crippen molar-refractivity contribution in [3.8, 4) is 33.4 Å². The summed E-state index contributed by atoms with van der Waals surface area (Å²) >= 11 is 0. The summed E-state index contributed by atoms with van der Waals surface area (Å²) in [5.74, 6) is 0.592. The predicted molar refractivity (Wildman–Crippen MR) is 163 cm³/mol. The number of benzene rings is 4. The van der Waals surface area contributed by atoms with Gasteiger partial charge in [-0.05, 0) is 23.1 Å². The fourth-order valence-corrected chi connectivity index (χ4v) is 5.29. The number of unbranched alkanes of at least 4 members (excludes halogenated alkanes) is 1. The molecule has 0 aromatic heterocycles. The maximum absolute atomic E-state index is 3.65. The quantitative estimate of drug-likeness (QED) is 0.244. The van der Waals surface area contributed by atoms with Gasteiger partial charge >= 0.3 is 26.2 Å². The van der Waals surface area contributed by atoms with E-state index in [2.05, 4.69) is 143 Å². The van der Waals surface area contributed by atoms with Gasteiger partial charge < -0.3 is 24.8 Å². The molecule has 0 heterocycles. The van der Waals surface area contributed by atoms with Gasteiger partial charge in [0, 0.05) is 0 Å². The standard InChI is InChI=1S/C25H17.C13H21.2ClH.Zr/c1-3-7-18(8-4-1)20-11-13-24-22(15-20)17-23-16-21(12-14-25(23)24)19-9-5-2-6-10-19;1-5-6-7-11-8-9-12(10-11)13(2,3)4;;;/h1-15H,17H2;9-11H,5-7H2,1-4H3;2*1H;/q2*-1;;;+4/p-2. The second kappa shape index (κ2) is 15.9. The van der Waals surface area contributed by atoms with Crippen molar-refractivity contribution in [1.29, 1.82) is 0 Å². The first-order valence-corrected chi connectivity index (χ1v) is 14.0. The molecule has 0 aliphatic heterocycles. The van der Waals surface area contributed by atoms with Gasteiger partial charge in [0.05, 0.1) is 0 Å². The van der Waals surface area contributed by atoms with Crippen LogP contribution in [0.1, 0.15) is 58.1 Å². The number of hydrogen-bond donors (Lipinski definition) is 0. The van der Waals surface area contributed by atoms with E-state index in [0.29, 0.717) is 11.3 Å². The topological polar surface area (TPSA) is 0 Å². The van der Waals surface area contributed by atoms with Crippen LogP contribution in [-0.2, 0) is 32.6 Å². The Morgan fingerprint density at radius 1 is 0.756 bits per heavy atom. The first-order valence-electron chi connectivity index (χ1n) is 14.0. The van der Waals surface area contributed by atoms with Crippen LogP contribution < -0.4 is 24.8 Å². The summed E-state index contributed by atoms with van der Waals surface area (Å²) in [5, 5.41) is 0. The molecule has 0 nitrogen and oxygen atoms in total. The fraction of sp³-hybridized carbons (Fsp3) is 0.263. The Bertz CT molecular complexity index is 1360. The normalized spacial score (nSPS) is 14.2. The van der Waals surface area contributed by atoms with Crippen molar-refractivity contribution in [3.05, 3.63) is 132 Å². The van der Waals surface area contributed by atoms with Crippen LogP contribution in [0.25, 0.3) is 33.4 Å². The Hall–Kier alpha value is -2.18. The zero-order chi connectivity index (χ0) is 26.5. The van der Waals surface area contributed by atoms with Crippen LogP contribution in [0.4, 0.5) is 0 Å². The minimum atomic E-state index is 0. The van der Waals surface area contributed by atoms with Crippen LogP contribution in [-0.4, -0.2) is 0 Å². The average molecular weight is 657 g/mol. The maximum Gasteiger partial charge on any atom is 4.00 e. The van der Waals surface area contributed by atoms with Crippen molar-refractivity contribution in [2.45, 2.75) is 53.4 Å². The molecule has 0 N–H and O–H groups in total. The molecule has 2 aliphatic carbocycles. The molecule has 0 spiro atoms. The van der Waals surface area contributed by atoms with Crippen LogP contribution in [0.5, 0.6) is 0 Å². The van der Waals surface area contributed by atoms with E-state index in [1.807, 2.05) is 0 Å². The molecule has 0 bridgehead atoms. The van der Waals surface area contributed by atoms with Gasteiger partial charge in [0.2, 0.25) is 0 Å². The third-order valence-corrected chi connectivity index (χ3v) is 7.55. The van der Waals surface area contributed by atoms with Crippen molar-refractivity contribution in [2.75, 3.05) is 0 Å². The van der Waals surface area contributed by atoms with Gasteiger partial charge in [-0.1, -0.05) is 154 Å². The van der Waals surface area contributed by atoms with Crippen molar-refractivity contribution >= 4 is 0 Å². The molecule has 0 amide bonds. The van der Waals surface area contributed by atoms with Gasteiger partial charge in [0.15, 0.2) is 0 Å². The van der Waals surface area contributed by atoms with E-state index < -0.39 is 0 Å². The molecule has 0 radical (unpaired) electrons. The van der Waals surface area contributed by atoms with E-state index in [0.717, 1.165) is 6.42 Å². The third-order valence-electron chi connectivity index (χ3n) is 7.55. The van der Waals surface area contributed by atoms with Crippen molar-refractivity contribution in [3.63, 3.8) is 0 Å². The Balaban J connectivity index is 0.000000319. The predicted octanol–water partition coefficient (Wildman–Crippen LogP) is 4.54. The largest absolute Gasteiger partial charge is 4.00 e. The summed E-state index contributed by atoms with van der Waals surface area (Å²) < 4.78 is 0. The number of rotatable bonds is 5. The Morgan fingerprint density at radius 2 is 1.39 bits per heavy atom. The molecule has 0 saturated heterocycles. The molecule has 3 heteroatoms. The van der Waals surface area contributed by atoms with Crippen LogP contribution in [0, 0.1) is 23.5 Å². The molecule has 0 fully saturated rings. The summed E-state index contributed by atoms with van der Waals surface area (Å²) in [5.41, 5.74) is 12.1. The van der Waals surface area contributed by atoms with Gasteiger partial charge in [-0.15, -0.1) is 29.3 Å². The molecule has 4 aromatic carbocycles. The summed E-state index contributed by atoms with van der Waals surface area (Å²) in [6.07, 6.45) is 12.8. The number of allylic oxidation sites excluding steroid dienone is 4. The average Bonchev–Trinajstić information content (AvgIpc) is 3.57. The molecule has 208 valence electrons. The monoisotopic (exact) mass is 654 g/mol. The van der Waals surface area contributed by atoms with Crippen molar-refractivity contribution < 1.29 is 51.0 Å². The van der Waals surface area contributed by atoms with Gasteiger partial charge in [-0.3, -0.25) is 6.08 Å². The smallest absolute Gasteiger partial charge is 1.00 e. The molecule has 4 aromatic rings. The van der Waals surface area contributed by atoms with E-state index in [1.165, 1.54) is 69.3 Å². The summed E-state index contributed by atoms with van der Waals surface area (Å²) in [6, 6.07) is 36.0. The molecular weight excluding hydrogens is 619 g/mol. The Morgan fingerprint density at radius 3 is 2.00 bits per heavy atom.